The van der Waals surface area contributed by atoms with Crippen LogP contribution in [-0.4, -0.2) is 36.8 Å². The number of ether oxygens (including phenoxy) is 1. The number of aromatic amines is 1. The van der Waals surface area contributed by atoms with Gasteiger partial charge in [0.1, 0.15) is 11.4 Å². The molecule has 112 valence electrons. The minimum absolute atomic E-state index is 0.104. The third kappa shape index (κ3) is 3.26. The Morgan fingerprint density at radius 1 is 1.43 bits per heavy atom. The molecular weight excluding hydrogens is 322 g/mol. The molecule has 0 amide bonds. The molecule has 0 aliphatic carbocycles. The molecule has 1 aromatic heterocycles. The maximum atomic E-state index is 12.1. The summed E-state index contributed by atoms with van der Waals surface area (Å²) in [7, 11) is -2.53. The minimum atomic E-state index is -3.94. The fourth-order valence-corrected chi connectivity index (χ4v) is 2.83. The second-order valence-corrected chi connectivity index (χ2v) is 5.96. The summed E-state index contributed by atoms with van der Waals surface area (Å²) in [5, 5.41) is 14.6. The van der Waals surface area contributed by atoms with Crippen molar-refractivity contribution in [3.05, 3.63) is 35.0 Å². The highest BCUT2D eigenvalue weighted by Crippen LogP contribution is 2.27. The van der Waals surface area contributed by atoms with E-state index in [4.69, 9.17) is 21.4 Å². The van der Waals surface area contributed by atoms with E-state index in [1.165, 1.54) is 25.3 Å². The van der Waals surface area contributed by atoms with Crippen LogP contribution in [0.1, 0.15) is 10.5 Å². The first-order chi connectivity index (χ1) is 9.83. The smallest absolute Gasteiger partial charge is 0.353 e. The van der Waals surface area contributed by atoms with Crippen molar-refractivity contribution in [2.45, 2.75) is 4.90 Å². The molecule has 8 nitrogen and oxygen atoms in total. The van der Waals surface area contributed by atoms with Crippen molar-refractivity contribution < 1.29 is 23.1 Å². The number of aromatic nitrogens is 2. The van der Waals surface area contributed by atoms with Gasteiger partial charge in [-0.15, -0.1) is 0 Å². The molecule has 0 bridgehead atoms. The molecule has 0 spiro atoms. The molecule has 21 heavy (non-hydrogen) atoms. The highest BCUT2D eigenvalue weighted by molar-refractivity contribution is 7.92. The maximum absolute atomic E-state index is 12.1. The van der Waals surface area contributed by atoms with Crippen LogP contribution in [-0.2, 0) is 10.0 Å². The number of aromatic carboxylic acids is 1. The topological polar surface area (TPSA) is 121 Å². The molecule has 0 unspecified atom stereocenters. The van der Waals surface area contributed by atoms with Crippen LogP contribution in [0, 0.1) is 0 Å². The van der Waals surface area contributed by atoms with E-state index in [2.05, 4.69) is 14.9 Å². The quantitative estimate of drug-likeness (QED) is 0.764. The van der Waals surface area contributed by atoms with Gasteiger partial charge in [-0.25, -0.2) is 13.2 Å². The number of anilines is 1. The van der Waals surface area contributed by atoms with E-state index in [1.807, 2.05) is 0 Å². The number of H-pyrrole nitrogens is 1. The van der Waals surface area contributed by atoms with Crippen molar-refractivity contribution in [2.24, 2.45) is 0 Å². The molecule has 2 aromatic rings. The fraction of sp³-hybridized carbons (Fsp3) is 0.0909. The zero-order valence-electron chi connectivity index (χ0n) is 10.6. The third-order valence-electron chi connectivity index (χ3n) is 2.48. The SMILES string of the molecule is COc1ccc(S(=O)(=O)Nc2cc(C(=O)O)[nH]n2)cc1Cl. The number of hydrogen-bond donors (Lipinski definition) is 3. The van der Waals surface area contributed by atoms with E-state index < -0.39 is 16.0 Å². The first kappa shape index (κ1) is 15.1. The average Bonchev–Trinajstić information content (AvgIpc) is 2.86. The molecule has 0 aliphatic heterocycles. The van der Waals surface area contributed by atoms with Crippen LogP contribution < -0.4 is 9.46 Å². The Kier molecular flexibility index (Phi) is 4.05. The summed E-state index contributed by atoms with van der Waals surface area (Å²) in [4.78, 5) is 10.6. The number of carboxylic acids is 1. The van der Waals surface area contributed by atoms with Gasteiger partial charge in [-0.2, -0.15) is 5.10 Å². The Morgan fingerprint density at radius 2 is 2.14 bits per heavy atom. The van der Waals surface area contributed by atoms with Gasteiger partial charge < -0.3 is 9.84 Å². The number of nitrogens with zero attached hydrogens (tertiary/aromatic N) is 1. The van der Waals surface area contributed by atoms with Crippen molar-refractivity contribution in [3.63, 3.8) is 0 Å². The third-order valence-corrected chi connectivity index (χ3v) is 4.13. The molecule has 0 fully saturated rings. The van der Waals surface area contributed by atoms with Gasteiger partial charge in [0.15, 0.2) is 5.82 Å². The van der Waals surface area contributed by atoms with E-state index >= 15 is 0 Å². The summed E-state index contributed by atoms with van der Waals surface area (Å²) in [6, 6.07) is 4.99. The largest absolute Gasteiger partial charge is 0.495 e. The normalized spacial score (nSPS) is 11.1. The van der Waals surface area contributed by atoms with E-state index in [9.17, 15) is 13.2 Å². The van der Waals surface area contributed by atoms with Crippen LogP contribution in [0.3, 0.4) is 0 Å². The number of benzene rings is 1. The molecule has 1 heterocycles. The molecule has 0 saturated carbocycles. The van der Waals surface area contributed by atoms with Crippen LogP contribution in [0.2, 0.25) is 5.02 Å². The summed E-state index contributed by atoms with van der Waals surface area (Å²) in [6.07, 6.45) is 0. The summed E-state index contributed by atoms with van der Waals surface area (Å²) in [6.45, 7) is 0. The molecule has 2 rings (SSSR count). The molecule has 3 N–H and O–H groups in total. The number of carboxylic acid groups (broad SMARTS) is 1. The minimum Gasteiger partial charge on any atom is -0.495 e. The van der Waals surface area contributed by atoms with Gasteiger partial charge in [0.2, 0.25) is 0 Å². The molecule has 1 aromatic carbocycles. The molecule has 0 atom stereocenters. The summed E-state index contributed by atoms with van der Waals surface area (Å²) < 4.78 is 31.3. The molecular formula is C11H10ClN3O5S. The standard InChI is InChI=1S/C11H10ClN3O5S/c1-20-9-3-2-6(4-7(9)12)21(18,19)15-10-5-8(11(16)17)13-14-10/h2-5H,1H3,(H,16,17)(H2,13,14,15). The van der Waals surface area contributed by atoms with Crippen LogP contribution in [0.25, 0.3) is 0 Å². The summed E-state index contributed by atoms with van der Waals surface area (Å²) >= 11 is 5.87. The molecule has 0 radical (unpaired) electrons. The highest BCUT2D eigenvalue weighted by atomic mass is 35.5. The van der Waals surface area contributed by atoms with Crippen molar-refractivity contribution in [1.29, 1.82) is 0 Å². The lowest BCUT2D eigenvalue weighted by Crippen LogP contribution is -2.13. The average molecular weight is 332 g/mol. The van der Waals surface area contributed by atoms with Gasteiger partial charge in [0, 0.05) is 6.07 Å². The highest BCUT2D eigenvalue weighted by Gasteiger charge is 2.18. The van der Waals surface area contributed by atoms with E-state index in [1.54, 1.807) is 0 Å². The monoisotopic (exact) mass is 331 g/mol. The lowest BCUT2D eigenvalue weighted by molar-refractivity contribution is 0.0690. The number of carbonyl (C=O) groups is 1. The van der Waals surface area contributed by atoms with E-state index in [-0.39, 0.29) is 21.4 Å². The van der Waals surface area contributed by atoms with Gasteiger partial charge in [-0.3, -0.25) is 9.82 Å². The maximum Gasteiger partial charge on any atom is 0.353 e. The molecule has 0 saturated heterocycles. The van der Waals surface area contributed by atoms with Gasteiger partial charge in [0.05, 0.1) is 17.0 Å². The summed E-state index contributed by atoms with van der Waals surface area (Å²) in [5.41, 5.74) is -0.236. The Hall–Kier alpha value is -2.26. The lowest BCUT2D eigenvalue weighted by Gasteiger charge is -2.07. The first-order valence-corrected chi connectivity index (χ1v) is 7.34. The molecule has 0 aliphatic rings. The van der Waals surface area contributed by atoms with Gasteiger partial charge >= 0.3 is 5.97 Å². The van der Waals surface area contributed by atoms with Crippen LogP contribution in [0.5, 0.6) is 5.75 Å². The second-order valence-electron chi connectivity index (χ2n) is 3.87. The number of sulfonamides is 1. The predicted octanol–water partition coefficient (Wildman–Crippen LogP) is 1.57. The number of rotatable bonds is 5. The van der Waals surface area contributed by atoms with E-state index in [0.29, 0.717) is 5.75 Å². The fourth-order valence-electron chi connectivity index (χ4n) is 1.49. The first-order valence-electron chi connectivity index (χ1n) is 5.48. The Morgan fingerprint density at radius 3 is 2.67 bits per heavy atom. The zero-order chi connectivity index (χ0) is 15.6. The van der Waals surface area contributed by atoms with Crippen LogP contribution >= 0.6 is 11.6 Å². The van der Waals surface area contributed by atoms with Gasteiger partial charge in [-0.05, 0) is 18.2 Å². The van der Waals surface area contributed by atoms with Gasteiger partial charge in [-0.1, -0.05) is 11.6 Å². The Balaban J connectivity index is 2.29. The lowest BCUT2D eigenvalue weighted by atomic mass is 10.3. The van der Waals surface area contributed by atoms with Crippen molar-refractivity contribution in [3.8, 4) is 5.75 Å². The number of halogens is 1. The summed E-state index contributed by atoms with van der Waals surface area (Å²) in [5.74, 6) is -1.05. The van der Waals surface area contributed by atoms with Crippen molar-refractivity contribution in [2.75, 3.05) is 11.8 Å². The number of methoxy groups -OCH3 is 1. The zero-order valence-corrected chi connectivity index (χ0v) is 12.2. The Labute approximate surface area is 124 Å². The van der Waals surface area contributed by atoms with E-state index in [0.717, 1.165) is 6.07 Å². The van der Waals surface area contributed by atoms with Crippen LogP contribution in [0.15, 0.2) is 29.2 Å². The van der Waals surface area contributed by atoms with Crippen LogP contribution in [0.4, 0.5) is 5.82 Å². The Bertz CT molecular complexity index is 787. The molecule has 10 heteroatoms. The van der Waals surface area contributed by atoms with Gasteiger partial charge in [0.25, 0.3) is 10.0 Å². The number of nitrogens with one attached hydrogen (secondary N) is 2. The van der Waals surface area contributed by atoms with Crippen molar-refractivity contribution >= 4 is 33.4 Å². The van der Waals surface area contributed by atoms with Crippen molar-refractivity contribution in [1.82, 2.24) is 10.2 Å². The number of hydrogen-bond acceptors (Lipinski definition) is 5. The second kappa shape index (κ2) is 5.62. The predicted molar refractivity (Wildman–Crippen MR) is 74.4 cm³/mol.